The molecule has 0 spiro atoms. The summed E-state index contributed by atoms with van der Waals surface area (Å²) in [4.78, 5) is 0. The van der Waals surface area contributed by atoms with Gasteiger partial charge in [0.2, 0.25) is 0 Å². The van der Waals surface area contributed by atoms with Crippen molar-refractivity contribution in [1.82, 2.24) is 0 Å². The molecule has 0 saturated carbocycles. The van der Waals surface area contributed by atoms with Crippen LogP contribution < -0.4 is 4.57 Å². The van der Waals surface area contributed by atoms with E-state index in [9.17, 15) is 0 Å². The second kappa shape index (κ2) is 10.8. The van der Waals surface area contributed by atoms with Crippen LogP contribution in [0.1, 0.15) is 51.5 Å². The van der Waals surface area contributed by atoms with E-state index in [0.29, 0.717) is 6.26 Å². The lowest BCUT2D eigenvalue weighted by Gasteiger charge is -1.99. The Kier molecular flexibility index (Phi) is 10.3. The number of rotatable bonds is 7. The molecule has 1 aromatic heterocycles. The van der Waals surface area contributed by atoms with Crippen molar-refractivity contribution in [2.75, 3.05) is 6.26 Å². The van der Waals surface area contributed by atoms with Crippen molar-refractivity contribution >= 4 is 10.1 Å². The monoisotopic (exact) mass is 301 g/mol. The molecule has 0 saturated heterocycles. The zero-order valence-electron chi connectivity index (χ0n) is 12.8. The maximum atomic E-state index is 9.08. The van der Waals surface area contributed by atoms with Gasteiger partial charge in [-0.25, -0.2) is 13.0 Å². The fourth-order valence-electron chi connectivity index (χ4n) is 1.77. The highest BCUT2D eigenvalue weighted by Crippen LogP contribution is 2.02. The Morgan fingerprint density at radius 2 is 1.55 bits per heavy atom. The summed E-state index contributed by atoms with van der Waals surface area (Å²) in [7, 11) is -3.92. The first-order valence-electron chi connectivity index (χ1n) is 7.25. The van der Waals surface area contributed by atoms with Crippen molar-refractivity contribution in [3.05, 3.63) is 30.1 Å². The van der Waals surface area contributed by atoms with E-state index in [1.807, 2.05) is 0 Å². The summed E-state index contributed by atoms with van der Waals surface area (Å²) < 4.78 is 29.5. The van der Waals surface area contributed by atoms with Crippen molar-refractivity contribution in [3.63, 3.8) is 0 Å². The molecule has 0 radical (unpaired) electrons. The lowest BCUT2D eigenvalue weighted by molar-refractivity contribution is -0.697. The molecule has 0 aromatic carbocycles. The van der Waals surface area contributed by atoms with E-state index in [1.54, 1.807) is 0 Å². The SMILES string of the molecule is CCCCCCC[n+]1ccc(CC)cc1.CS(=O)(=O)[O-]. The van der Waals surface area contributed by atoms with Gasteiger partial charge in [0.05, 0.1) is 10.1 Å². The van der Waals surface area contributed by atoms with Gasteiger partial charge in [-0.05, 0) is 18.4 Å². The van der Waals surface area contributed by atoms with Gasteiger partial charge in [-0.1, -0.05) is 33.1 Å². The summed E-state index contributed by atoms with van der Waals surface area (Å²) >= 11 is 0. The predicted octanol–water partition coefficient (Wildman–Crippen LogP) is 2.67. The maximum Gasteiger partial charge on any atom is 0.169 e. The minimum Gasteiger partial charge on any atom is -0.748 e. The number of unbranched alkanes of at least 4 members (excludes halogenated alkanes) is 4. The molecule has 0 aliphatic carbocycles. The molecule has 0 atom stereocenters. The lowest BCUT2D eigenvalue weighted by atomic mass is 10.1. The van der Waals surface area contributed by atoms with Crippen LogP contribution in [-0.2, 0) is 23.1 Å². The first-order chi connectivity index (χ1) is 9.36. The van der Waals surface area contributed by atoms with Crippen LogP contribution in [0.5, 0.6) is 0 Å². The Labute approximate surface area is 123 Å². The summed E-state index contributed by atoms with van der Waals surface area (Å²) in [6.07, 6.45) is 13.0. The standard InChI is InChI=1S/C14H24N.CH4O3S/c1-3-5-6-7-8-11-15-12-9-14(4-2)10-13-15;1-5(2,3)4/h9-10,12-13H,3-8,11H2,1-2H3;1H3,(H,2,3,4)/q+1;/p-1. The number of nitrogens with zero attached hydrogens (tertiary/aromatic N) is 1. The molecular formula is C15H27NO3S. The van der Waals surface area contributed by atoms with E-state index in [4.69, 9.17) is 13.0 Å². The minimum atomic E-state index is -3.92. The molecule has 1 heterocycles. The van der Waals surface area contributed by atoms with Crippen molar-refractivity contribution in [2.24, 2.45) is 0 Å². The quantitative estimate of drug-likeness (QED) is 0.442. The summed E-state index contributed by atoms with van der Waals surface area (Å²) in [6.45, 7) is 5.64. The van der Waals surface area contributed by atoms with Gasteiger partial charge in [0.25, 0.3) is 0 Å². The van der Waals surface area contributed by atoms with Crippen molar-refractivity contribution in [2.45, 2.75) is 58.9 Å². The molecule has 4 nitrogen and oxygen atoms in total. The summed E-state index contributed by atoms with van der Waals surface area (Å²) in [5, 5.41) is 0. The van der Waals surface area contributed by atoms with Crippen LogP contribution in [0.15, 0.2) is 24.5 Å². The first kappa shape index (κ1) is 19.1. The Morgan fingerprint density at radius 3 is 2.00 bits per heavy atom. The van der Waals surface area contributed by atoms with Crippen molar-refractivity contribution < 1.29 is 17.5 Å². The molecule has 0 amide bonds. The lowest BCUT2D eigenvalue weighted by Crippen LogP contribution is -2.32. The molecule has 20 heavy (non-hydrogen) atoms. The second-order valence-corrected chi connectivity index (χ2v) is 6.32. The molecule has 0 aliphatic heterocycles. The van der Waals surface area contributed by atoms with Crippen LogP contribution in [0.3, 0.4) is 0 Å². The third-order valence-electron chi connectivity index (χ3n) is 2.89. The number of pyridine rings is 1. The topological polar surface area (TPSA) is 61.1 Å². The molecule has 1 rings (SSSR count). The molecule has 5 heteroatoms. The molecular weight excluding hydrogens is 274 g/mol. The Hall–Kier alpha value is -0.940. The highest BCUT2D eigenvalue weighted by molar-refractivity contribution is 7.84. The number of hydrogen-bond acceptors (Lipinski definition) is 3. The van der Waals surface area contributed by atoms with Gasteiger partial charge in [0.15, 0.2) is 12.4 Å². The van der Waals surface area contributed by atoms with Gasteiger partial charge < -0.3 is 4.55 Å². The molecule has 0 aliphatic rings. The van der Waals surface area contributed by atoms with Gasteiger partial charge >= 0.3 is 0 Å². The third-order valence-corrected chi connectivity index (χ3v) is 2.89. The van der Waals surface area contributed by atoms with Crippen LogP contribution in [0.2, 0.25) is 0 Å². The number of hydrogen-bond donors (Lipinski definition) is 0. The highest BCUT2D eigenvalue weighted by atomic mass is 32.2. The zero-order chi connectivity index (χ0) is 15.4. The molecule has 116 valence electrons. The summed E-state index contributed by atoms with van der Waals surface area (Å²) in [6, 6.07) is 4.46. The molecule has 1 aromatic rings. The Bertz CT molecular complexity index is 433. The number of aromatic nitrogens is 1. The normalized spacial score (nSPS) is 10.8. The number of aryl methyl sites for hydroxylation is 2. The predicted molar refractivity (Wildman–Crippen MR) is 80.4 cm³/mol. The zero-order valence-corrected chi connectivity index (χ0v) is 13.7. The molecule has 0 unspecified atom stereocenters. The van der Waals surface area contributed by atoms with Crippen LogP contribution in [-0.4, -0.2) is 19.2 Å². The Morgan fingerprint density at radius 1 is 1.05 bits per heavy atom. The van der Waals surface area contributed by atoms with Gasteiger partial charge in [-0.2, -0.15) is 0 Å². The van der Waals surface area contributed by atoms with E-state index in [1.165, 1.54) is 44.2 Å². The van der Waals surface area contributed by atoms with Crippen LogP contribution in [0, 0.1) is 0 Å². The summed E-state index contributed by atoms with van der Waals surface area (Å²) in [5.41, 5.74) is 1.43. The molecule has 0 fully saturated rings. The van der Waals surface area contributed by atoms with Crippen LogP contribution in [0.25, 0.3) is 0 Å². The summed E-state index contributed by atoms with van der Waals surface area (Å²) in [5.74, 6) is 0. The smallest absolute Gasteiger partial charge is 0.169 e. The minimum absolute atomic E-state index is 0.604. The highest BCUT2D eigenvalue weighted by Gasteiger charge is 1.99. The third kappa shape index (κ3) is 13.5. The van der Waals surface area contributed by atoms with E-state index < -0.39 is 10.1 Å². The van der Waals surface area contributed by atoms with Gasteiger partial charge in [0, 0.05) is 24.8 Å². The van der Waals surface area contributed by atoms with Gasteiger partial charge in [-0.15, -0.1) is 0 Å². The molecule has 0 N–H and O–H groups in total. The largest absolute Gasteiger partial charge is 0.748 e. The second-order valence-electron chi connectivity index (χ2n) is 4.92. The van der Waals surface area contributed by atoms with Gasteiger partial charge in [-0.3, -0.25) is 0 Å². The molecule has 0 bridgehead atoms. The van der Waals surface area contributed by atoms with E-state index >= 15 is 0 Å². The Balaban J connectivity index is 0.000000621. The van der Waals surface area contributed by atoms with Crippen molar-refractivity contribution in [1.29, 1.82) is 0 Å². The fraction of sp³-hybridized carbons (Fsp3) is 0.667. The average Bonchev–Trinajstić information content (AvgIpc) is 2.37. The maximum absolute atomic E-state index is 9.08. The van der Waals surface area contributed by atoms with E-state index in [2.05, 4.69) is 42.9 Å². The van der Waals surface area contributed by atoms with Gasteiger partial charge in [0.1, 0.15) is 6.54 Å². The van der Waals surface area contributed by atoms with Crippen molar-refractivity contribution in [3.8, 4) is 0 Å². The van der Waals surface area contributed by atoms with Crippen LogP contribution >= 0.6 is 0 Å². The fourth-order valence-corrected chi connectivity index (χ4v) is 1.77. The van der Waals surface area contributed by atoms with E-state index in [-0.39, 0.29) is 0 Å². The average molecular weight is 301 g/mol. The van der Waals surface area contributed by atoms with Crippen LogP contribution in [0.4, 0.5) is 0 Å². The first-order valence-corrected chi connectivity index (χ1v) is 9.07. The van der Waals surface area contributed by atoms with E-state index in [0.717, 1.165) is 6.42 Å².